The quantitative estimate of drug-likeness (QED) is 0.384. The number of hydrogen-bond donors (Lipinski definition) is 2. The SMILES string of the molecule is CCOc1cc(N=S(C)(C)=O)ccc1Nc1ncc(Cl)c(-c2c[nH]c3ccccc23)n1. The van der Waals surface area contributed by atoms with Crippen molar-refractivity contribution in [3.63, 3.8) is 0 Å². The molecule has 2 N–H and O–H groups in total. The van der Waals surface area contributed by atoms with Gasteiger partial charge in [0, 0.05) is 51.0 Å². The van der Waals surface area contributed by atoms with Crippen LogP contribution in [0.4, 0.5) is 17.3 Å². The van der Waals surface area contributed by atoms with Gasteiger partial charge in [0.05, 0.1) is 34.9 Å². The topological polar surface area (TPSA) is 92.3 Å². The molecule has 2 aromatic heterocycles. The summed E-state index contributed by atoms with van der Waals surface area (Å²) in [6, 6.07) is 13.3. The van der Waals surface area contributed by atoms with Crippen molar-refractivity contribution in [2.75, 3.05) is 24.4 Å². The molecule has 160 valence electrons. The second-order valence-corrected chi connectivity index (χ2v) is 10.1. The van der Waals surface area contributed by atoms with E-state index in [2.05, 4.69) is 24.6 Å². The van der Waals surface area contributed by atoms with Crippen LogP contribution in [0.5, 0.6) is 5.75 Å². The Morgan fingerprint density at radius 2 is 2.03 bits per heavy atom. The van der Waals surface area contributed by atoms with E-state index in [-0.39, 0.29) is 0 Å². The van der Waals surface area contributed by atoms with E-state index in [0.717, 1.165) is 16.5 Å². The zero-order valence-corrected chi connectivity index (χ0v) is 18.9. The Morgan fingerprint density at radius 3 is 2.81 bits per heavy atom. The van der Waals surface area contributed by atoms with Crippen LogP contribution in [-0.2, 0) is 9.73 Å². The molecule has 0 fully saturated rings. The highest BCUT2D eigenvalue weighted by molar-refractivity contribution is 7.92. The molecule has 0 saturated carbocycles. The second kappa shape index (κ2) is 8.56. The summed E-state index contributed by atoms with van der Waals surface area (Å²) in [4.78, 5) is 12.2. The molecule has 7 nitrogen and oxygen atoms in total. The number of hydrogen-bond acceptors (Lipinski definition) is 6. The highest BCUT2D eigenvalue weighted by Crippen LogP contribution is 2.35. The summed E-state index contributed by atoms with van der Waals surface area (Å²) in [6.45, 7) is 2.36. The van der Waals surface area contributed by atoms with Crippen LogP contribution in [-0.4, -0.2) is 38.3 Å². The Bertz CT molecular complexity index is 1370. The molecule has 0 amide bonds. The van der Waals surface area contributed by atoms with Crippen LogP contribution in [0.25, 0.3) is 22.2 Å². The van der Waals surface area contributed by atoms with E-state index in [0.29, 0.717) is 40.4 Å². The molecule has 4 aromatic rings. The Morgan fingerprint density at radius 1 is 1.23 bits per heavy atom. The molecule has 0 radical (unpaired) electrons. The number of nitrogens with zero attached hydrogens (tertiary/aromatic N) is 3. The predicted octanol–water partition coefficient (Wildman–Crippen LogP) is 5.78. The van der Waals surface area contributed by atoms with Gasteiger partial charge >= 0.3 is 0 Å². The van der Waals surface area contributed by atoms with Crippen molar-refractivity contribution in [3.8, 4) is 17.0 Å². The molecule has 9 heteroatoms. The third-order valence-electron chi connectivity index (χ3n) is 4.43. The first-order chi connectivity index (χ1) is 14.8. The average molecular weight is 456 g/mol. The van der Waals surface area contributed by atoms with Gasteiger partial charge in [-0.25, -0.2) is 14.2 Å². The number of H-pyrrole nitrogens is 1. The Hall–Kier alpha value is -3.10. The number of para-hydroxylation sites is 1. The molecule has 0 bridgehead atoms. The fourth-order valence-corrected chi connectivity index (χ4v) is 4.02. The molecule has 0 aliphatic heterocycles. The molecule has 0 spiro atoms. The Labute approximate surface area is 186 Å². The normalized spacial score (nSPS) is 11.5. The number of aromatic nitrogens is 3. The van der Waals surface area contributed by atoms with Gasteiger partial charge in [-0.15, -0.1) is 0 Å². The zero-order chi connectivity index (χ0) is 22.0. The minimum atomic E-state index is -2.28. The van der Waals surface area contributed by atoms with Crippen LogP contribution >= 0.6 is 11.6 Å². The van der Waals surface area contributed by atoms with Gasteiger partial charge in [-0.1, -0.05) is 29.8 Å². The summed E-state index contributed by atoms with van der Waals surface area (Å²) >= 11 is 6.42. The highest BCUT2D eigenvalue weighted by atomic mass is 35.5. The minimum Gasteiger partial charge on any atom is -0.492 e. The van der Waals surface area contributed by atoms with Crippen molar-refractivity contribution in [2.24, 2.45) is 4.36 Å². The summed E-state index contributed by atoms with van der Waals surface area (Å²) in [5.41, 5.74) is 3.78. The number of halogens is 1. The fourth-order valence-electron chi connectivity index (χ4n) is 3.20. The summed E-state index contributed by atoms with van der Waals surface area (Å²) < 4.78 is 22.0. The largest absolute Gasteiger partial charge is 0.492 e. The lowest BCUT2D eigenvalue weighted by Crippen LogP contribution is -2.02. The van der Waals surface area contributed by atoms with E-state index in [1.807, 2.05) is 37.4 Å². The first-order valence-electron chi connectivity index (χ1n) is 9.64. The number of anilines is 2. The molecule has 0 unspecified atom stereocenters. The number of ether oxygens (including phenoxy) is 1. The highest BCUT2D eigenvalue weighted by Gasteiger charge is 2.14. The molecule has 2 aromatic carbocycles. The number of fused-ring (bicyclic) bond motifs is 1. The van der Waals surface area contributed by atoms with Crippen LogP contribution in [0.15, 0.2) is 59.2 Å². The van der Waals surface area contributed by atoms with E-state index >= 15 is 0 Å². The number of aromatic amines is 1. The summed E-state index contributed by atoms with van der Waals surface area (Å²) in [5.74, 6) is 0.949. The van der Waals surface area contributed by atoms with Crippen LogP contribution in [0.3, 0.4) is 0 Å². The van der Waals surface area contributed by atoms with E-state index in [1.54, 1.807) is 36.9 Å². The van der Waals surface area contributed by atoms with E-state index in [9.17, 15) is 4.21 Å². The van der Waals surface area contributed by atoms with Crippen molar-refractivity contribution in [1.82, 2.24) is 15.0 Å². The standard InChI is InChI=1S/C22H22ClN5O2S/c1-4-30-20-11-14(28-31(2,3)29)9-10-19(20)26-22-25-13-17(23)21(27-22)16-12-24-18-8-6-5-7-15(16)18/h5-13,24H,4H2,1-3H3,(H,25,26,27). The summed E-state index contributed by atoms with van der Waals surface area (Å²) in [7, 11) is -2.28. The van der Waals surface area contributed by atoms with Gasteiger partial charge in [-0.05, 0) is 25.1 Å². The van der Waals surface area contributed by atoms with Crippen molar-refractivity contribution in [1.29, 1.82) is 0 Å². The maximum Gasteiger partial charge on any atom is 0.227 e. The summed E-state index contributed by atoms with van der Waals surface area (Å²) in [6.07, 6.45) is 6.64. The lowest BCUT2D eigenvalue weighted by Gasteiger charge is -2.13. The molecular formula is C22H22ClN5O2S. The molecule has 31 heavy (non-hydrogen) atoms. The van der Waals surface area contributed by atoms with E-state index in [1.165, 1.54) is 0 Å². The van der Waals surface area contributed by atoms with E-state index < -0.39 is 9.73 Å². The fraction of sp³-hybridized carbons (Fsp3) is 0.182. The zero-order valence-electron chi connectivity index (χ0n) is 17.3. The molecular weight excluding hydrogens is 434 g/mol. The van der Waals surface area contributed by atoms with Gasteiger partial charge in [0.15, 0.2) is 0 Å². The monoisotopic (exact) mass is 455 g/mol. The van der Waals surface area contributed by atoms with Crippen LogP contribution in [0.2, 0.25) is 5.02 Å². The Balaban J connectivity index is 1.72. The van der Waals surface area contributed by atoms with Gasteiger partial charge in [0.25, 0.3) is 0 Å². The predicted molar refractivity (Wildman–Crippen MR) is 127 cm³/mol. The number of nitrogens with one attached hydrogen (secondary N) is 2. The van der Waals surface area contributed by atoms with Gasteiger partial charge in [0.2, 0.25) is 5.95 Å². The molecule has 4 rings (SSSR count). The summed E-state index contributed by atoms with van der Waals surface area (Å²) in [5, 5.41) is 4.68. The Kier molecular flexibility index (Phi) is 5.84. The van der Waals surface area contributed by atoms with Crippen LogP contribution < -0.4 is 10.1 Å². The van der Waals surface area contributed by atoms with Gasteiger partial charge < -0.3 is 15.0 Å². The molecule has 0 aliphatic rings. The maximum atomic E-state index is 12.0. The van der Waals surface area contributed by atoms with Gasteiger partial charge in [-0.3, -0.25) is 0 Å². The lowest BCUT2D eigenvalue weighted by atomic mass is 10.1. The van der Waals surface area contributed by atoms with E-state index in [4.69, 9.17) is 16.3 Å². The van der Waals surface area contributed by atoms with Gasteiger partial charge in [0.1, 0.15) is 5.75 Å². The molecule has 0 aliphatic carbocycles. The minimum absolute atomic E-state index is 0.380. The van der Waals surface area contributed by atoms with Crippen molar-refractivity contribution < 1.29 is 8.95 Å². The average Bonchev–Trinajstić information content (AvgIpc) is 3.14. The smallest absolute Gasteiger partial charge is 0.227 e. The third kappa shape index (κ3) is 4.81. The maximum absolute atomic E-state index is 12.0. The van der Waals surface area contributed by atoms with Crippen molar-refractivity contribution >= 4 is 49.6 Å². The van der Waals surface area contributed by atoms with Crippen molar-refractivity contribution in [3.05, 3.63) is 59.9 Å². The first kappa shape index (κ1) is 21.1. The van der Waals surface area contributed by atoms with Crippen LogP contribution in [0.1, 0.15) is 6.92 Å². The second-order valence-electron chi connectivity index (χ2n) is 7.15. The number of rotatable bonds is 6. The lowest BCUT2D eigenvalue weighted by molar-refractivity contribution is 0.342. The van der Waals surface area contributed by atoms with Crippen molar-refractivity contribution in [2.45, 2.75) is 6.92 Å². The van der Waals surface area contributed by atoms with Crippen LogP contribution in [0, 0.1) is 0 Å². The number of benzene rings is 2. The van der Waals surface area contributed by atoms with Gasteiger partial charge in [-0.2, -0.15) is 4.36 Å². The molecule has 2 heterocycles. The molecule has 0 saturated heterocycles. The first-order valence-corrected chi connectivity index (χ1v) is 12.3. The molecule has 0 atom stereocenters. The third-order valence-corrected chi connectivity index (χ3v) is 5.35.